The van der Waals surface area contributed by atoms with Gasteiger partial charge < -0.3 is 0 Å². The van der Waals surface area contributed by atoms with Crippen LogP contribution in [0.15, 0.2) is 0 Å². The van der Waals surface area contributed by atoms with Crippen molar-refractivity contribution < 1.29 is 0 Å². The summed E-state index contributed by atoms with van der Waals surface area (Å²) in [5, 5.41) is 0. The molecule has 0 aromatic rings. The Morgan fingerprint density at radius 2 is 1.20 bits per heavy atom. The normalized spacial score (nSPS) is 12.0. The predicted octanol–water partition coefficient (Wildman–Crippen LogP) is 1.21. The third-order valence-electron chi connectivity index (χ3n) is 0. The molecule has 0 saturated carbocycles. The summed E-state index contributed by atoms with van der Waals surface area (Å²) in [6, 6.07) is 0. The van der Waals surface area contributed by atoms with Gasteiger partial charge in [0.25, 0.3) is 0 Å². The summed E-state index contributed by atoms with van der Waals surface area (Å²) in [7, 11) is 0. The molecule has 0 aromatic carbocycles. The molecule has 0 nitrogen and oxygen atoms in total. The van der Waals surface area contributed by atoms with Crippen LogP contribution >= 0.6 is 34.8 Å². The Bertz CT molecular complexity index is 22.4. The quantitative estimate of drug-likeness (QED) is 0.405. The molecule has 0 amide bonds. The summed E-state index contributed by atoms with van der Waals surface area (Å²) in [5.74, 6) is 0. The molecular weight excluding hydrogens is 197 g/mol. The molecule has 0 aliphatic heterocycles. The third-order valence-corrected chi connectivity index (χ3v) is 0. The van der Waals surface area contributed by atoms with Gasteiger partial charge in [-0.3, -0.25) is 0 Å². The standard InChI is InChI=1S/CHCl3Se/c2-1(3,4)5/h5H. The van der Waals surface area contributed by atoms with Gasteiger partial charge in [-0.15, -0.1) is 0 Å². The van der Waals surface area contributed by atoms with Gasteiger partial charge in [-0.05, 0) is 0 Å². The predicted molar refractivity (Wildman–Crippen MR) is 27.4 cm³/mol. The second-order valence-electron chi connectivity index (χ2n) is 0.468. The molecule has 5 heavy (non-hydrogen) atoms. The van der Waals surface area contributed by atoms with E-state index in [1.807, 2.05) is 16.0 Å². The number of hydrogen-bond donors (Lipinski definition) is 0. The Morgan fingerprint density at radius 3 is 1.20 bits per heavy atom. The van der Waals surface area contributed by atoms with Crippen molar-refractivity contribution in [3.8, 4) is 0 Å². The van der Waals surface area contributed by atoms with Crippen LogP contribution < -0.4 is 0 Å². The molecule has 32 valence electrons. The Kier molecular flexibility index (Phi) is 2.43. The van der Waals surface area contributed by atoms with Crippen molar-refractivity contribution in [2.75, 3.05) is 0 Å². The molecule has 0 radical (unpaired) electrons. The van der Waals surface area contributed by atoms with Gasteiger partial charge in [0.15, 0.2) is 0 Å². The molecule has 0 aromatic heterocycles. The molecular formula is CHCl3Se. The van der Waals surface area contributed by atoms with Crippen molar-refractivity contribution in [3.05, 3.63) is 0 Å². The van der Waals surface area contributed by atoms with Gasteiger partial charge in [0.2, 0.25) is 0 Å². The molecule has 0 rings (SSSR count). The van der Waals surface area contributed by atoms with E-state index in [9.17, 15) is 0 Å². The van der Waals surface area contributed by atoms with Crippen molar-refractivity contribution in [1.82, 2.24) is 0 Å². The molecule has 0 atom stereocenters. The van der Waals surface area contributed by atoms with Gasteiger partial charge >= 0.3 is 53.5 Å². The van der Waals surface area contributed by atoms with Gasteiger partial charge in [-0.25, -0.2) is 0 Å². The summed E-state index contributed by atoms with van der Waals surface area (Å²) >= 11 is 17.0. The van der Waals surface area contributed by atoms with Crippen LogP contribution in [-0.2, 0) is 0 Å². The number of alkyl halides is 3. The molecule has 0 aliphatic rings. The van der Waals surface area contributed by atoms with E-state index in [-0.39, 0.29) is 0 Å². The first-order valence-corrected chi connectivity index (χ1v) is 2.86. The summed E-state index contributed by atoms with van der Waals surface area (Å²) < 4.78 is -1.15. The summed E-state index contributed by atoms with van der Waals surface area (Å²) in [6.07, 6.45) is 0. The zero-order valence-corrected chi connectivity index (χ0v) is 6.23. The fraction of sp³-hybridized carbons (Fsp3) is 1.00. The van der Waals surface area contributed by atoms with E-state index in [2.05, 4.69) is 0 Å². The van der Waals surface area contributed by atoms with Crippen molar-refractivity contribution in [1.29, 1.82) is 0 Å². The zero-order chi connectivity index (χ0) is 4.50. The van der Waals surface area contributed by atoms with Crippen molar-refractivity contribution in [2.24, 2.45) is 0 Å². The van der Waals surface area contributed by atoms with Crippen LogP contribution in [0.2, 0.25) is 0 Å². The Morgan fingerprint density at radius 1 is 1.20 bits per heavy atom. The second kappa shape index (κ2) is 1.90. The van der Waals surface area contributed by atoms with E-state index in [0.717, 1.165) is 0 Å². The zero-order valence-electron chi connectivity index (χ0n) is 2.08. The Labute approximate surface area is 53.6 Å². The summed E-state index contributed by atoms with van der Waals surface area (Å²) in [6.45, 7) is 0. The van der Waals surface area contributed by atoms with Crippen molar-refractivity contribution in [2.45, 2.75) is 2.69 Å². The fourth-order valence-electron chi connectivity index (χ4n) is 0. The summed E-state index contributed by atoms with van der Waals surface area (Å²) in [4.78, 5) is 0. The first-order valence-electron chi connectivity index (χ1n) is 0.791. The van der Waals surface area contributed by atoms with Gasteiger partial charge in [0.05, 0.1) is 0 Å². The van der Waals surface area contributed by atoms with E-state index in [1.165, 1.54) is 0 Å². The molecule has 0 bridgehead atoms. The Balaban J connectivity index is 3.02. The van der Waals surface area contributed by atoms with Gasteiger partial charge in [0.1, 0.15) is 0 Å². The topological polar surface area (TPSA) is 0 Å². The van der Waals surface area contributed by atoms with E-state index in [4.69, 9.17) is 34.8 Å². The van der Waals surface area contributed by atoms with Crippen LogP contribution in [0.3, 0.4) is 0 Å². The van der Waals surface area contributed by atoms with E-state index >= 15 is 0 Å². The van der Waals surface area contributed by atoms with Crippen LogP contribution in [0.4, 0.5) is 0 Å². The fourth-order valence-corrected chi connectivity index (χ4v) is 0. The molecule has 0 saturated heterocycles. The first kappa shape index (κ1) is 6.39. The second-order valence-corrected chi connectivity index (χ2v) is 5.88. The van der Waals surface area contributed by atoms with Crippen LogP contribution in [0.5, 0.6) is 0 Å². The van der Waals surface area contributed by atoms with Gasteiger partial charge in [0, 0.05) is 0 Å². The van der Waals surface area contributed by atoms with E-state index < -0.39 is 2.69 Å². The molecule has 0 aliphatic carbocycles. The summed E-state index contributed by atoms with van der Waals surface area (Å²) in [5.41, 5.74) is 0. The molecule has 0 heterocycles. The molecule has 0 fully saturated rings. The van der Waals surface area contributed by atoms with E-state index in [1.54, 1.807) is 0 Å². The molecule has 4 heteroatoms. The number of rotatable bonds is 0. The third kappa shape index (κ3) is 32.1. The minimum absolute atomic E-state index is 1.15. The molecule has 0 unspecified atom stereocenters. The average Bonchev–Trinajstić information content (AvgIpc) is 0.722. The van der Waals surface area contributed by atoms with Crippen LogP contribution in [0.1, 0.15) is 0 Å². The number of hydrogen-bond acceptors (Lipinski definition) is 0. The maximum atomic E-state index is 5.03. The monoisotopic (exact) mass is 198 g/mol. The van der Waals surface area contributed by atoms with Crippen LogP contribution in [0, 0.1) is 0 Å². The van der Waals surface area contributed by atoms with Crippen molar-refractivity contribution in [3.63, 3.8) is 0 Å². The average molecular weight is 198 g/mol. The van der Waals surface area contributed by atoms with Crippen LogP contribution in [-0.4, -0.2) is 18.7 Å². The molecule has 0 spiro atoms. The van der Waals surface area contributed by atoms with Crippen LogP contribution in [0.25, 0.3) is 0 Å². The van der Waals surface area contributed by atoms with E-state index in [0.29, 0.717) is 0 Å². The number of halogens is 3. The molecule has 0 N–H and O–H groups in total. The van der Waals surface area contributed by atoms with Gasteiger partial charge in [-0.1, -0.05) is 0 Å². The first-order chi connectivity index (χ1) is 2.00. The Hall–Kier alpha value is 1.39. The maximum absolute atomic E-state index is 5.03. The van der Waals surface area contributed by atoms with Crippen molar-refractivity contribution >= 4 is 50.8 Å². The SMILES string of the molecule is ClC(Cl)(Cl)[SeH]. The minimum atomic E-state index is -1.15. The van der Waals surface area contributed by atoms with Gasteiger partial charge in [-0.2, -0.15) is 0 Å².